The zero-order chi connectivity index (χ0) is 12.4. The van der Waals surface area contributed by atoms with Gasteiger partial charge < -0.3 is 10.6 Å². The van der Waals surface area contributed by atoms with Crippen LogP contribution in [0.4, 0.5) is 5.82 Å². The quantitative estimate of drug-likeness (QED) is 0.835. The van der Waals surface area contributed by atoms with E-state index in [9.17, 15) is 4.79 Å². The van der Waals surface area contributed by atoms with Gasteiger partial charge in [0.2, 0.25) is 0 Å². The van der Waals surface area contributed by atoms with Crippen LogP contribution in [-0.4, -0.2) is 28.9 Å². The van der Waals surface area contributed by atoms with Crippen LogP contribution in [-0.2, 0) is 0 Å². The fourth-order valence-electron chi connectivity index (χ4n) is 2.12. The van der Waals surface area contributed by atoms with Gasteiger partial charge in [0.1, 0.15) is 5.82 Å². The van der Waals surface area contributed by atoms with Crippen molar-refractivity contribution in [3.05, 3.63) is 22.8 Å². The lowest BCUT2D eigenvalue weighted by Gasteiger charge is -2.30. The van der Waals surface area contributed by atoms with E-state index in [1.54, 1.807) is 6.07 Å². The second-order valence-electron chi connectivity index (χ2n) is 4.59. The summed E-state index contributed by atoms with van der Waals surface area (Å²) < 4.78 is 0. The summed E-state index contributed by atoms with van der Waals surface area (Å²) in [4.78, 5) is 18.0. The highest BCUT2D eigenvalue weighted by atomic mass is 35.5. The SMILES string of the molecule is CC1CCCN(C(=O)c2cnc(N)c(Cl)c2)C1. The molecule has 1 fully saturated rings. The van der Waals surface area contributed by atoms with Crippen molar-refractivity contribution in [2.75, 3.05) is 18.8 Å². The molecule has 1 unspecified atom stereocenters. The first-order chi connectivity index (χ1) is 8.08. The molecule has 0 saturated carbocycles. The van der Waals surface area contributed by atoms with Gasteiger partial charge in [-0.2, -0.15) is 0 Å². The van der Waals surface area contributed by atoms with Gasteiger partial charge >= 0.3 is 0 Å². The van der Waals surface area contributed by atoms with Crippen molar-refractivity contribution in [2.24, 2.45) is 5.92 Å². The molecule has 0 radical (unpaired) electrons. The molecular formula is C12H16ClN3O. The van der Waals surface area contributed by atoms with E-state index in [-0.39, 0.29) is 11.7 Å². The van der Waals surface area contributed by atoms with E-state index in [0.717, 1.165) is 19.5 Å². The first-order valence-electron chi connectivity index (χ1n) is 5.78. The number of pyridine rings is 1. The fourth-order valence-corrected chi connectivity index (χ4v) is 2.29. The summed E-state index contributed by atoms with van der Waals surface area (Å²) in [6, 6.07) is 1.59. The van der Waals surface area contributed by atoms with Crippen molar-refractivity contribution in [2.45, 2.75) is 19.8 Å². The number of rotatable bonds is 1. The topological polar surface area (TPSA) is 59.2 Å². The number of anilines is 1. The maximum absolute atomic E-state index is 12.2. The lowest BCUT2D eigenvalue weighted by Crippen LogP contribution is -2.39. The third kappa shape index (κ3) is 2.69. The molecule has 2 heterocycles. The summed E-state index contributed by atoms with van der Waals surface area (Å²) in [6.45, 7) is 3.78. The molecular weight excluding hydrogens is 238 g/mol. The molecule has 0 bridgehead atoms. The Morgan fingerprint density at radius 1 is 1.65 bits per heavy atom. The van der Waals surface area contributed by atoms with Gasteiger partial charge in [-0.1, -0.05) is 18.5 Å². The number of halogens is 1. The van der Waals surface area contributed by atoms with Crippen molar-refractivity contribution in [1.82, 2.24) is 9.88 Å². The van der Waals surface area contributed by atoms with E-state index in [1.807, 2.05) is 4.90 Å². The number of carbonyl (C=O) groups excluding carboxylic acids is 1. The van der Waals surface area contributed by atoms with Crippen LogP contribution in [0.25, 0.3) is 0 Å². The van der Waals surface area contributed by atoms with Crippen LogP contribution in [0.2, 0.25) is 5.02 Å². The Hall–Kier alpha value is -1.29. The van der Waals surface area contributed by atoms with Crippen LogP contribution < -0.4 is 5.73 Å². The predicted octanol–water partition coefficient (Wildman–Crippen LogP) is 2.19. The predicted molar refractivity (Wildman–Crippen MR) is 68.0 cm³/mol. The third-order valence-electron chi connectivity index (χ3n) is 3.06. The molecule has 4 nitrogen and oxygen atoms in total. The Morgan fingerprint density at radius 3 is 3.06 bits per heavy atom. The molecule has 5 heteroatoms. The highest BCUT2D eigenvalue weighted by Gasteiger charge is 2.22. The molecule has 0 aliphatic carbocycles. The largest absolute Gasteiger partial charge is 0.382 e. The van der Waals surface area contributed by atoms with E-state index in [4.69, 9.17) is 17.3 Å². The number of amides is 1. The van der Waals surface area contributed by atoms with Gasteiger partial charge in [0, 0.05) is 19.3 Å². The number of nitrogens with two attached hydrogens (primary N) is 1. The Kier molecular flexibility index (Phi) is 3.52. The summed E-state index contributed by atoms with van der Waals surface area (Å²) in [7, 11) is 0. The molecule has 1 aliphatic rings. The highest BCUT2D eigenvalue weighted by Crippen LogP contribution is 2.21. The van der Waals surface area contributed by atoms with Crippen LogP contribution in [0.15, 0.2) is 12.3 Å². The molecule has 92 valence electrons. The lowest BCUT2D eigenvalue weighted by atomic mass is 10.00. The smallest absolute Gasteiger partial charge is 0.255 e. The Bertz CT molecular complexity index is 436. The molecule has 1 aliphatic heterocycles. The summed E-state index contributed by atoms with van der Waals surface area (Å²) in [5, 5.41) is 0.334. The van der Waals surface area contributed by atoms with Crippen LogP contribution in [0, 0.1) is 5.92 Å². The average Bonchev–Trinajstić information content (AvgIpc) is 2.32. The summed E-state index contributed by atoms with van der Waals surface area (Å²) in [5.41, 5.74) is 6.03. The summed E-state index contributed by atoms with van der Waals surface area (Å²) >= 11 is 5.87. The molecule has 1 atom stereocenters. The van der Waals surface area contributed by atoms with Gasteiger partial charge in [0.25, 0.3) is 5.91 Å². The second-order valence-corrected chi connectivity index (χ2v) is 5.00. The minimum absolute atomic E-state index is 0.00838. The third-order valence-corrected chi connectivity index (χ3v) is 3.36. The highest BCUT2D eigenvalue weighted by molar-refractivity contribution is 6.33. The Balaban J connectivity index is 2.15. The molecule has 2 N–H and O–H groups in total. The lowest BCUT2D eigenvalue weighted by molar-refractivity contribution is 0.0682. The number of hydrogen-bond acceptors (Lipinski definition) is 3. The number of nitrogens with zero attached hydrogens (tertiary/aromatic N) is 2. The van der Waals surface area contributed by atoms with Crippen molar-refractivity contribution in [3.63, 3.8) is 0 Å². The van der Waals surface area contributed by atoms with Crippen molar-refractivity contribution >= 4 is 23.3 Å². The summed E-state index contributed by atoms with van der Waals surface area (Å²) in [5.74, 6) is 0.811. The summed E-state index contributed by atoms with van der Waals surface area (Å²) in [6.07, 6.45) is 3.73. The van der Waals surface area contributed by atoms with Crippen molar-refractivity contribution < 1.29 is 4.79 Å². The number of piperidine rings is 1. The van der Waals surface area contributed by atoms with E-state index in [1.165, 1.54) is 12.6 Å². The first-order valence-corrected chi connectivity index (χ1v) is 6.16. The maximum atomic E-state index is 12.2. The van der Waals surface area contributed by atoms with Gasteiger partial charge in [0.15, 0.2) is 0 Å². The average molecular weight is 254 g/mol. The van der Waals surface area contributed by atoms with E-state index in [2.05, 4.69) is 11.9 Å². The Labute approximate surface area is 106 Å². The number of nitrogen functional groups attached to an aromatic ring is 1. The van der Waals surface area contributed by atoms with Crippen LogP contribution in [0.5, 0.6) is 0 Å². The molecule has 1 saturated heterocycles. The standard InChI is InChI=1S/C12H16ClN3O/c1-8-3-2-4-16(7-8)12(17)9-5-10(13)11(14)15-6-9/h5-6,8H,2-4,7H2,1H3,(H2,14,15). The molecule has 1 aromatic rings. The zero-order valence-electron chi connectivity index (χ0n) is 9.82. The minimum Gasteiger partial charge on any atom is -0.382 e. The van der Waals surface area contributed by atoms with E-state index >= 15 is 0 Å². The van der Waals surface area contributed by atoms with E-state index in [0.29, 0.717) is 16.5 Å². The minimum atomic E-state index is -0.00838. The van der Waals surface area contributed by atoms with Gasteiger partial charge in [-0.15, -0.1) is 0 Å². The molecule has 0 aromatic carbocycles. The van der Waals surface area contributed by atoms with E-state index < -0.39 is 0 Å². The number of carbonyl (C=O) groups is 1. The normalized spacial score (nSPS) is 20.4. The first kappa shape index (κ1) is 12.2. The van der Waals surface area contributed by atoms with Crippen LogP contribution in [0.1, 0.15) is 30.1 Å². The monoisotopic (exact) mass is 253 g/mol. The molecule has 0 spiro atoms. The molecule has 1 aromatic heterocycles. The molecule has 1 amide bonds. The number of likely N-dealkylation sites (tertiary alicyclic amines) is 1. The van der Waals surface area contributed by atoms with Gasteiger partial charge in [0.05, 0.1) is 10.6 Å². The zero-order valence-corrected chi connectivity index (χ0v) is 10.6. The molecule has 17 heavy (non-hydrogen) atoms. The van der Waals surface area contributed by atoms with Crippen LogP contribution >= 0.6 is 11.6 Å². The van der Waals surface area contributed by atoms with Gasteiger partial charge in [-0.05, 0) is 24.8 Å². The maximum Gasteiger partial charge on any atom is 0.255 e. The Morgan fingerprint density at radius 2 is 2.41 bits per heavy atom. The number of aromatic nitrogens is 1. The second kappa shape index (κ2) is 4.92. The van der Waals surface area contributed by atoms with Crippen LogP contribution in [0.3, 0.4) is 0 Å². The van der Waals surface area contributed by atoms with Gasteiger partial charge in [-0.25, -0.2) is 4.98 Å². The van der Waals surface area contributed by atoms with Gasteiger partial charge in [-0.3, -0.25) is 4.79 Å². The fraction of sp³-hybridized carbons (Fsp3) is 0.500. The van der Waals surface area contributed by atoms with Crippen molar-refractivity contribution in [1.29, 1.82) is 0 Å². The van der Waals surface area contributed by atoms with Crippen molar-refractivity contribution in [3.8, 4) is 0 Å². The number of hydrogen-bond donors (Lipinski definition) is 1. The molecule has 2 rings (SSSR count).